The highest BCUT2D eigenvalue weighted by Crippen LogP contribution is 2.28. The summed E-state index contributed by atoms with van der Waals surface area (Å²) < 4.78 is 0. The number of benzene rings is 1. The van der Waals surface area contributed by atoms with Crippen molar-refractivity contribution in [3.63, 3.8) is 0 Å². The summed E-state index contributed by atoms with van der Waals surface area (Å²) in [6, 6.07) is 7.66. The SMILES string of the molecule is CN(Cc1ccccc1C(N)=NO)CC1CC(O)C1. The molecule has 1 fully saturated rings. The van der Waals surface area contributed by atoms with Gasteiger partial charge in [-0.3, -0.25) is 0 Å². The van der Waals surface area contributed by atoms with Crippen LogP contribution in [0.15, 0.2) is 29.4 Å². The standard InChI is InChI=1S/C14H21N3O2/c1-17(8-10-6-12(18)7-10)9-11-4-2-3-5-13(11)14(15)16-19/h2-5,10,12,18-19H,6-9H2,1H3,(H2,15,16). The van der Waals surface area contributed by atoms with Crippen LogP contribution in [0.3, 0.4) is 0 Å². The molecule has 5 nitrogen and oxygen atoms in total. The van der Waals surface area contributed by atoms with Gasteiger partial charge in [0, 0.05) is 18.7 Å². The van der Waals surface area contributed by atoms with E-state index in [9.17, 15) is 5.11 Å². The predicted octanol–water partition coefficient (Wildman–Crippen LogP) is 0.984. The van der Waals surface area contributed by atoms with E-state index in [0.29, 0.717) is 5.92 Å². The number of aliphatic hydroxyl groups excluding tert-OH is 1. The number of amidine groups is 1. The van der Waals surface area contributed by atoms with Gasteiger partial charge < -0.3 is 20.9 Å². The van der Waals surface area contributed by atoms with E-state index in [1.54, 1.807) is 0 Å². The van der Waals surface area contributed by atoms with E-state index in [4.69, 9.17) is 10.9 Å². The van der Waals surface area contributed by atoms with E-state index < -0.39 is 0 Å². The van der Waals surface area contributed by atoms with Crippen molar-refractivity contribution >= 4 is 5.84 Å². The first-order valence-electron chi connectivity index (χ1n) is 6.52. The van der Waals surface area contributed by atoms with Crippen LogP contribution in [0.1, 0.15) is 24.0 Å². The Balaban J connectivity index is 1.98. The lowest BCUT2D eigenvalue weighted by Gasteiger charge is -2.34. The third-order valence-corrected chi connectivity index (χ3v) is 3.62. The van der Waals surface area contributed by atoms with Gasteiger partial charge in [-0.25, -0.2) is 0 Å². The van der Waals surface area contributed by atoms with Crippen LogP contribution in [0.2, 0.25) is 0 Å². The Kier molecular flexibility index (Phi) is 4.39. The number of nitrogens with two attached hydrogens (primary N) is 1. The summed E-state index contributed by atoms with van der Waals surface area (Å²) in [7, 11) is 2.05. The molecular formula is C14H21N3O2. The molecule has 2 rings (SSSR count). The van der Waals surface area contributed by atoms with Gasteiger partial charge in [0.2, 0.25) is 0 Å². The normalized spacial score (nSPS) is 23.4. The molecule has 0 unspecified atom stereocenters. The van der Waals surface area contributed by atoms with Gasteiger partial charge in [-0.2, -0.15) is 0 Å². The molecule has 104 valence electrons. The topological polar surface area (TPSA) is 82.1 Å². The molecule has 1 aliphatic carbocycles. The Morgan fingerprint density at radius 2 is 2.11 bits per heavy atom. The molecule has 0 bridgehead atoms. The first kappa shape index (κ1) is 13.8. The molecule has 5 heteroatoms. The zero-order valence-electron chi connectivity index (χ0n) is 11.2. The van der Waals surface area contributed by atoms with Gasteiger partial charge in [0.15, 0.2) is 5.84 Å². The van der Waals surface area contributed by atoms with Crippen LogP contribution < -0.4 is 5.73 Å². The fourth-order valence-electron chi connectivity index (χ4n) is 2.61. The molecule has 1 aromatic rings. The van der Waals surface area contributed by atoms with Gasteiger partial charge in [0.05, 0.1) is 6.10 Å². The quantitative estimate of drug-likeness (QED) is 0.320. The molecule has 0 saturated heterocycles. The molecule has 4 N–H and O–H groups in total. The van der Waals surface area contributed by atoms with E-state index in [0.717, 1.165) is 37.1 Å². The first-order valence-corrected chi connectivity index (χ1v) is 6.52. The Morgan fingerprint density at radius 1 is 1.42 bits per heavy atom. The lowest BCUT2D eigenvalue weighted by Crippen LogP contribution is -2.37. The third-order valence-electron chi connectivity index (χ3n) is 3.62. The zero-order valence-corrected chi connectivity index (χ0v) is 11.2. The molecule has 1 aliphatic rings. The van der Waals surface area contributed by atoms with E-state index in [2.05, 4.69) is 10.1 Å². The maximum absolute atomic E-state index is 9.29. The molecule has 0 radical (unpaired) electrons. The summed E-state index contributed by atoms with van der Waals surface area (Å²) >= 11 is 0. The van der Waals surface area contributed by atoms with Gasteiger partial charge in [-0.15, -0.1) is 0 Å². The Hall–Kier alpha value is -1.59. The molecule has 0 aliphatic heterocycles. The highest BCUT2D eigenvalue weighted by Gasteiger charge is 2.27. The van der Waals surface area contributed by atoms with Crippen LogP contribution in [0.5, 0.6) is 0 Å². The number of rotatable bonds is 5. The van der Waals surface area contributed by atoms with Crippen molar-refractivity contribution in [2.75, 3.05) is 13.6 Å². The summed E-state index contributed by atoms with van der Waals surface area (Å²) in [6.07, 6.45) is 1.68. The molecule has 0 spiro atoms. The van der Waals surface area contributed by atoms with Crippen LogP contribution in [-0.4, -0.2) is 40.7 Å². The number of aliphatic hydroxyl groups is 1. The smallest absolute Gasteiger partial charge is 0.170 e. The predicted molar refractivity (Wildman–Crippen MR) is 74.0 cm³/mol. The van der Waals surface area contributed by atoms with Gasteiger partial charge >= 0.3 is 0 Å². The fraction of sp³-hybridized carbons (Fsp3) is 0.500. The van der Waals surface area contributed by atoms with Crippen molar-refractivity contribution in [3.8, 4) is 0 Å². The highest BCUT2D eigenvalue weighted by atomic mass is 16.4. The molecule has 1 saturated carbocycles. The first-order chi connectivity index (χ1) is 9.10. The second kappa shape index (κ2) is 6.04. The molecule has 19 heavy (non-hydrogen) atoms. The minimum Gasteiger partial charge on any atom is -0.409 e. The van der Waals surface area contributed by atoms with Crippen molar-refractivity contribution in [2.45, 2.75) is 25.5 Å². The van der Waals surface area contributed by atoms with Crippen LogP contribution in [-0.2, 0) is 6.54 Å². The van der Waals surface area contributed by atoms with Gasteiger partial charge in [-0.1, -0.05) is 29.4 Å². The van der Waals surface area contributed by atoms with Crippen molar-refractivity contribution in [3.05, 3.63) is 35.4 Å². The van der Waals surface area contributed by atoms with Crippen molar-refractivity contribution in [2.24, 2.45) is 16.8 Å². The Morgan fingerprint density at radius 3 is 2.74 bits per heavy atom. The fourth-order valence-corrected chi connectivity index (χ4v) is 2.61. The van der Waals surface area contributed by atoms with Gasteiger partial charge in [0.1, 0.15) is 0 Å². The average molecular weight is 263 g/mol. The monoisotopic (exact) mass is 263 g/mol. The van der Waals surface area contributed by atoms with Crippen molar-refractivity contribution in [1.29, 1.82) is 0 Å². The average Bonchev–Trinajstić information content (AvgIpc) is 2.36. The third kappa shape index (κ3) is 3.45. The minimum absolute atomic E-state index is 0.108. The van der Waals surface area contributed by atoms with Crippen LogP contribution in [0.25, 0.3) is 0 Å². The van der Waals surface area contributed by atoms with E-state index >= 15 is 0 Å². The number of hydrogen-bond donors (Lipinski definition) is 3. The minimum atomic E-state index is -0.108. The number of hydrogen-bond acceptors (Lipinski definition) is 4. The molecular weight excluding hydrogens is 242 g/mol. The number of nitrogens with zero attached hydrogens (tertiary/aromatic N) is 2. The van der Waals surface area contributed by atoms with Crippen LogP contribution in [0.4, 0.5) is 0 Å². The van der Waals surface area contributed by atoms with E-state index in [-0.39, 0.29) is 11.9 Å². The summed E-state index contributed by atoms with van der Waals surface area (Å²) in [5.74, 6) is 0.721. The maximum atomic E-state index is 9.29. The molecule has 1 aromatic carbocycles. The number of oxime groups is 1. The van der Waals surface area contributed by atoms with Crippen LogP contribution in [0, 0.1) is 5.92 Å². The highest BCUT2D eigenvalue weighted by molar-refractivity contribution is 5.98. The summed E-state index contributed by atoms with van der Waals surface area (Å²) in [4.78, 5) is 2.21. The van der Waals surface area contributed by atoms with Gasteiger partial charge in [0.25, 0.3) is 0 Å². The maximum Gasteiger partial charge on any atom is 0.170 e. The molecule has 0 atom stereocenters. The summed E-state index contributed by atoms with van der Waals surface area (Å²) in [5.41, 5.74) is 7.49. The summed E-state index contributed by atoms with van der Waals surface area (Å²) in [5, 5.41) is 21.1. The summed E-state index contributed by atoms with van der Waals surface area (Å²) in [6.45, 7) is 1.71. The Labute approximate surface area is 113 Å². The van der Waals surface area contributed by atoms with Crippen LogP contribution >= 0.6 is 0 Å². The second-order valence-corrected chi connectivity index (χ2v) is 5.33. The van der Waals surface area contributed by atoms with E-state index in [1.165, 1.54) is 0 Å². The van der Waals surface area contributed by atoms with Gasteiger partial charge in [-0.05, 0) is 31.4 Å². The van der Waals surface area contributed by atoms with Crippen molar-refractivity contribution in [1.82, 2.24) is 4.90 Å². The Bertz CT molecular complexity index is 456. The largest absolute Gasteiger partial charge is 0.409 e. The lowest BCUT2D eigenvalue weighted by atomic mass is 9.82. The van der Waals surface area contributed by atoms with Crippen molar-refractivity contribution < 1.29 is 10.3 Å². The van der Waals surface area contributed by atoms with E-state index in [1.807, 2.05) is 31.3 Å². The molecule has 0 heterocycles. The second-order valence-electron chi connectivity index (χ2n) is 5.33. The lowest BCUT2D eigenvalue weighted by molar-refractivity contribution is 0.0274. The molecule has 0 aromatic heterocycles. The zero-order chi connectivity index (χ0) is 13.8. The molecule has 0 amide bonds.